The number of aromatic nitrogens is 3. The summed E-state index contributed by atoms with van der Waals surface area (Å²) in [7, 11) is -2.02. The molecular weight excluding hydrogens is 460 g/mol. The van der Waals surface area contributed by atoms with Crippen LogP contribution in [0.3, 0.4) is 0 Å². The van der Waals surface area contributed by atoms with Gasteiger partial charge in [-0.25, -0.2) is 21.9 Å². The second-order valence-corrected chi connectivity index (χ2v) is 9.67. The van der Waals surface area contributed by atoms with E-state index in [0.29, 0.717) is 34.6 Å². The third-order valence-corrected chi connectivity index (χ3v) is 6.56. The van der Waals surface area contributed by atoms with Gasteiger partial charge < -0.3 is 5.32 Å². The molecule has 0 saturated heterocycles. The van der Waals surface area contributed by atoms with E-state index in [1.165, 1.54) is 19.2 Å². The van der Waals surface area contributed by atoms with E-state index in [-0.39, 0.29) is 12.3 Å². The van der Waals surface area contributed by atoms with Gasteiger partial charge in [0.05, 0.1) is 18.0 Å². The molecule has 7 nitrogen and oxygen atoms in total. The van der Waals surface area contributed by atoms with Crippen molar-refractivity contribution in [2.75, 3.05) is 24.7 Å². The molecule has 176 valence electrons. The predicted octanol–water partition coefficient (Wildman–Crippen LogP) is 3.90. The lowest BCUT2D eigenvalue weighted by molar-refractivity contribution is 0.584. The van der Waals surface area contributed by atoms with E-state index in [4.69, 9.17) is 0 Å². The van der Waals surface area contributed by atoms with Crippen molar-refractivity contribution in [3.05, 3.63) is 90.4 Å². The number of halogens is 2. The van der Waals surface area contributed by atoms with Crippen molar-refractivity contribution < 1.29 is 17.2 Å². The van der Waals surface area contributed by atoms with Crippen LogP contribution in [0.2, 0.25) is 0 Å². The van der Waals surface area contributed by atoms with Crippen LogP contribution < -0.4 is 10.0 Å². The highest BCUT2D eigenvalue weighted by Crippen LogP contribution is 2.32. The van der Waals surface area contributed by atoms with Crippen molar-refractivity contribution >= 4 is 15.7 Å². The average Bonchev–Trinajstić information content (AvgIpc) is 3.27. The van der Waals surface area contributed by atoms with Crippen molar-refractivity contribution in [3.63, 3.8) is 0 Å². The number of hydrogen-bond acceptors (Lipinski definition) is 5. The summed E-state index contributed by atoms with van der Waals surface area (Å²) < 4.78 is 55.2. The third kappa shape index (κ3) is 5.83. The van der Waals surface area contributed by atoms with Gasteiger partial charge in [0.2, 0.25) is 10.0 Å². The van der Waals surface area contributed by atoms with E-state index in [2.05, 4.69) is 20.1 Å². The highest BCUT2D eigenvalue weighted by Gasteiger charge is 2.14. The van der Waals surface area contributed by atoms with Gasteiger partial charge in [-0.05, 0) is 60.1 Å². The number of nitrogens with one attached hydrogen (secondary N) is 2. The fraction of sp³-hybridized carbons (Fsp3) is 0.167. The van der Waals surface area contributed by atoms with Crippen LogP contribution in [-0.4, -0.2) is 42.5 Å². The van der Waals surface area contributed by atoms with E-state index in [9.17, 15) is 17.2 Å². The molecule has 0 fully saturated rings. The molecule has 2 aromatic carbocycles. The van der Waals surface area contributed by atoms with Crippen molar-refractivity contribution in [3.8, 4) is 22.4 Å². The predicted molar refractivity (Wildman–Crippen MR) is 128 cm³/mol. The Morgan fingerprint density at radius 2 is 1.79 bits per heavy atom. The minimum atomic E-state index is -3.38. The van der Waals surface area contributed by atoms with E-state index in [1.54, 1.807) is 35.3 Å². The van der Waals surface area contributed by atoms with E-state index in [0.717, 1.165) is 11.6 Å². The number of pyridine rings is 1. The first-order valence-corrected chi connectivity index (χ1v) is 12.2. The smallest absolute Gasteiger partial charge is 0.213 e. The molecular formula is C24H23F2N5O2S. The molecule has 0 aliphatic heterocycles. The van der Waals surface area contributed by atoms with Gasteiger partial charge in [0.25, 0.3) is 0 Å². The Hall–Kier alpha value is -3.63. The van der Waals surface area contributed by atoms with E-state index >= 15 is 0 Å². The lowest BCUT2D eigenvalue weighted by atomic mass is 10.00. The first kappa shape index (κ1) is 23.5. The van der Waals surface area contributed by atoms with Gasteiger partial charge in [-0.15, -0.1) is 0 Å². The standard InChI is InChI=1S/C24H23F2N5O2S/c1-27-34(32,33)10-8-29-23-5-4-18(19-11-20(25)14-21(26)12-19)13-22(23)24-6-9-31(30-24)16-17-3-2-7-28-15-17/h2-7,9,11-15,27,29H,8,10,16H2,1H3. The lowest BCUT2D eigenvalue weighted by Crippen LogP contribution is -2.26. The largest absolute Gasteiger partial charge is 0.383 e. The SMILES string of the molecule is CNS(=O)(=O)CCNc1ccc(-c2cc(F)cc(F)c2)cc1-c1ccn(Cc2cccnc2)n1. The summed E-state index contributed by atoms with van der Waals surface area (Å²) in [6.07, 6.45) is 5.28. The molecule has 0 spiro atoms. The molecule has 4 aromatic rings. The normalized spacial score (nSPS) is 11.5. The number of rotatable bonds is 9. The van der Waals surface area contributed by atoms with Gasteiger partial charge in [0.1, 0.15) is 11.6 Å². The van der Waals surface area contributed by atoms with Crippen LogP contribution in [0.1, 0.15) is 5.56 Å². The van der Waals surface area contributed by atoms with Crippen molar-refractivity contribution in [1.29, 1.82) is 0 Å². The Morgan fingerprint density at radius 1 is 1.00 bits per heavy atom. The van der Waals surface area contributed by atoms with Crippen LogP contribution in [0.4, 0.5) is 14.5 Å². The molecule has 0 aliphatic rings. The van der Waals surface area contributed by atoms with Gasteiger partial charge >= 0.3 is 0 Å². The summed E-state index contributed by atoms with van der Waals surface area (Å²) >= 11 is 0. The summed E-state index contributed by atoms with van der Waals surface area (Å²) in [5.41, 5.74) is 3.92. The molecule has 10 heteroatoms. The van der Waals surface area contributed by atoms with Crippen LogP contribution in [0.25, 0.3) is 22.4 Å². The number of benzene rings is 2. The van der Waals surface area contributed by atoms with Crippen molar-refractivity contribution in [2.45, 2.75) is 6.54 Å². The molecule has 0 radical (unpaired) electrons. The highest BCUT2D eigenvalue weighted by molar-refractivity contribution is 7.89. The van der Waals surface area contributed by atoms with Gasteiger partial charge in [-0.1, -0.05) is 12.1 Å². The summed E-state index contributed by atoms with van der Waals surface area (Å²) in [6, 6.07) is 14.2. The molecule has 0 unspecified atom stereocenters. The zero-order valence-corrected chi connectivity index (χ0v) is 19.2. The number of hydrogen-bond donors (Lipinski definition) is 2. The molecule has 0 atom stereocenters. The van der Waals surface area contributed by atoms with Gasteiger partial charge in [-0.3, -0.25) is 9.67 Å². The molecule has 4 rings (SSSR count). The molecule has 2 N–H and O–H groups in total. The van der Waals surface area contributed by atoms with Crippen LogP contribution in [0, 0.1) is 11.6 Å². The van der Waals surface area contributed by atoms with Crippen molar-refractivity contribution in [1.82, 2.24) is 19.5 Å². The van der Waals surface area contributed by atoms with Gasteiger partial charge in [0, 0.05) is 42.5 Å². The summed E-state index contributed by atoms with van der Waals surface area (Å²) in [6.45, 7) is 0.687. The zero-order chi connectivity index (χ0) is 24.1. The molecule has 0 saturated carbocycles. The first-order chi connectivity index (χ1) is 16.3. The Morgan fingerprint density at radius 3 is 2.50 bits per heavy atom. The molecule has 0 bridgehead atoms. The average molecular weight is 484 g/mol. The monoisotopic (exact) mass is 483 g/mol. The zero-order valence-electron chi connectivity index (χ0n) is 18.4. The second kappa shape index (κ2) is 10.1. The molecule has 2 heterocycles. The second-order valence-electron chi connectivity index (χ2n) is 7.63. The topological polar surface area (TPSA) is 88.9 Å². The Balaban J connectivity index is 1.68. The summed E-state index contributed by atoms with van der Waals surface area (Å²) in [4.78, 5) is 4.11. The fourth-order valence-corrected chi connectivity index (χ4v) is 4.08. The van der Waals surface area contributed by atoms with Gasteiger partial charge in [0.15, 0.2) is 0 Å². The van der Waals surface area contributed by atoms with Crippen LogP contribution in [0.5, 0.6) is 0 Å². The number of sulfonamides is 1. The Labute approximate surface area is 196 Å². The molecule has 34 heavy (non-hydrogen) atoms. The number of nitrogens with zero attached hydrogens (tertiary/aromatic N) is 3. The molecule has 0 amide bonds. The van der Waals surface area contributed by atoms with Gasteiger partial charge in [-0.2, -0.15) is 5.10 Å². The van der Waals surface area contributed by atoms with Crippen LogP contribution in [-0.2, 0) is 16.6 Å². The quantitative estimate of drug-likeness (QED) is 0.377. The first-order valence-electron chi connectivity index (χ1n) is 10.5. The fourth-order valence-electron chi connectivity index (χ4n) is 3.50. The maximum atomic E-state index is 13.8. The van der Waals surface area contributed by atoms with Crippen LogP contribution in [0.15, 0.2) is 73.2 Å². The lowest BCUT2D eigenvalue weighted by Gasteiger charge is -2.13. The Kier molecular flexibility index (Phi) is 6.99. The molecule has 2 aromatic heterocycles. The van der Waals surface area contributed by atoms with Crippen LogP contribution >= 0.6 is 0 Å². The third-order valence-electron chi connectivity index (χ3n) is 5.20. The maximum absolute atomic E-state index is 13.8. The minimum Gasteiger partial charge on any atom is -0.383 e. The Bertz CT molecular complexity index is 1370. The highest BCUT2D eigenvalue weighted by atomic mass is 32.2. The van der Waals surface area contributed by atoms with Crippen molar-refractivity contribution in [2.24, 2.45) is 0 Å². The minimum absolute atomic E-state index is 0.116. The summed E-state index contributed by atoms with van der Waals surface area (Å²) in [5, 5.41) is 7.79. The van der Waals surface area contributed by atoms with E-state index in [1.807, 2.05) is 24.4 Å². The summed E-state index contributed by atoms with van der Waals surface area (Å²) in [5.74, 6) is -1.46. The maximum Gasteiger partial charge on any atom is 0.213 e. The van der Waals surface area contributed by atoms with E-state index < -0.39 is 21.7 Å². The number of anilines is 1. The molecule has 0 aliphatic carbocycles.